The Kier molecular flexibility index (Phi) is 5.33. The Morgan fingerprint density at radius 2 is 1.88 bits per heavy atom. The fraction of sp³-hybridized carbons (Fsp3) is 0.333. The predicted octanol–water partition coefficient (Wildman–Crippen LogP) is 4.76. The van der Waals surface area contributed by atoms with Gasteiger partial charge in [0.1, 0.15) is 0 Å². The molecule has 0 unspecified atom stereocenters. The third-order valence-electron chi connectivity index (χ3n) is 4.81. The molecule has 0 saturated carbocycles. The summed E-state index contributed by atoms with van der Waals surface area (Å²) in [6.07, 6.45) is 0.220. The van der Waals surface area contributed by atoms with Crippen LogP contribution in [0.25, 0.3) is 0 Å². The van der Waals surface area contributed by atoms with E-state index in [4.69, 9.17) is 11.6 Å². The Bertz CT molecular complexity index is 830. The Balaban J connectivity index is 1.68. The molecule has 2 aromatic carbocycles. The van der Waals surface area contributed by atoms with Crippen molar-refractivity contribution in [3.63, 3.8) is 0 Å². The lowest BCUT2D eigenvalue weighted by Gasteiger charge is -2.18. The van der Waals surface area contributed by atoms with Crippen LogP contribution in [0.2, 0.25) is 5.02 Å². The molecule has 1 saturated heterocycles. The minimum absolute atomic E-state index is 0.0237. The summed E-state index contributed by atoms with van der Waals surface area (Å²) >= 11 is 6.10. The molecule has 1 atom stereocenters. The predicted molar refractivity (Wildman–Crippen MR) is 106 cm³/mol. The second kappa shape index (κ2) is 7.50. The van der Waals surface area contributed by atoms with E-state index in [1.807, 2.05) is 43.3 Å². The molecule has 1 heterocycles. The maximum Gasteiger partial charge on any atom is 0.229 e. The summed E-state index contributed by atoms with van der Waals surface area (Å²) in [5, 5.41) is 3.47. The van der Waals surface area contributed by atoms with Crippen LogP contribution in [0.15, 0.2) is 42.5 Å². The van der Waals surface area contributed by atoms with E-state index in [9.17, 15) is 9.59 Å². The number of nitrogens with zero attached hydrogens (tertiary/aromatic N) is 1. The first-order valence-corrected chi connectivity index (χ1v) is 9.20. The zero-order valence-electron chi connectivity index (χ0n) is 15.3. The first-order valence-electron chi connectivity index (χ1n) is 8.82. The van der Waals surface area contributed by atoms with Gasteiger partial charge in [-0.05, 0) is 48.2 Å². The highest BCUT2D eigenvalue weighted by atomic mass is 35.5. The summed E-state index contributed by atoms with van der Waals surface area (Å²) in [7, 11) is 0. The number of halogens is 1. The van der Waals surface area contributed by atoms with Gasteiger partial charge < -0.3 is 10.2 Å². The van der Waals surface area contributed by atoms with Gasteiger partial charge in [0, 0.05) is 29.4 Å². The molecule has 26 heavy (non-hydrogen) atoms. The molecule has 2 amide bonds. The van der Waals surface area contributed by atoms with Crippen molar-refractivity contribution in [1.29, 1.82) is 0 Å². The van der Waals surface area contributed by atoms with E-state index in [1.165, 1.54) is 5.56 Å². The smallest absolute Gasteiger partial charge is 0.229 e. The van der Waals surface area contributed by atoms with Gasteiger partial charge in [0.25, 0.3) is 0 Å². The average Bonchev–Trinajstić information content (AvgIpc) is 3.00. The fourth-order valence-electron chi connectivity index (χ4n) is 3.09. The summed E-state index contributed by atoms with van der Waals surface area (Å²) in [5.41, 5.74) is 3.67. The summed E-state index contributed by atoms with van der Waals surface area (Å²) in [6, 6.07) is 13.4. The molecule has 0 aromatic heterocycles. The van der Waals surface area contributed by atoms with Crippen molar-refractivity contribution < 1.29 is 9.59 Å². The normalized spacial score (nSPS) is 17.0. The van der Waals surface area contributed by atoms with Gasteiger partial charge in [-0.15, -0.1) is 0 Å². The van der Waals surface area contributed by atoms with E-state index >= 15 is 0 Å². The van der Waals surface area contributed by atoms with Crippen LogP contribution < -0.4 is 10.2 Å². The highest BCUT2D eigenvalue weighted by molar-refractivity contribution is 6.31. The van der Waals surface area contributed by atoms with Gasteiger partial charge in [0.2, 0.25) is 11.8 Å². The minimum Gasteiger partial charge on any atom is -0.326 e. The lowest BCUT2D eigenvalue weighted by molar-refractivity contribution is -0.122. The van der Waals surface area contributed by atoms with Crippen molar-refractivity contribution in [2.45, 2.75) is 33.1 Å². The molecular formula is C21H23ClN2O2. The Morgan fingerprint density at radius 3 is 2.50 bits per heavy atom. The van der Waals surface area contributed by atoms with E-state index < -0.39 is 0 Å². The van der Waals surface area contributed by atoms with Gasteiger partial charge in [-0.3, -0.25) is 9.59 Å². The number of carbonyl (C=O) groups is 2. The number of hydrogen-bond donors (Lipinski definition) is 1. The lowest BCUT2D eigenvalue weighted by atomic mass is 10.0. The van der Waals surface area contributed by atoms with Crippen LogP contribution in [-0.2, 0) is 9.59 Å². The van der Waals surface area contributed by atoms with Crippen molar-refractivity contribution in [1.82, 2.24) is 0 Å². The molecule has 136 valence electrons. The quantitative estimate of drug-likeness (QED) is 0.843. The highest BCUT2D eigenvalue weighted by Gasteiger charge is 2.35. The second-order valence-corrected chi connectivity index (χ2v) is 7.51. The average molecular weight is 371 g/mol. The maximum absolute atomic E-state index is 12.5. The Morgan fingerprint density at radius 1 is 1.19 bits per heavy atom. The minimum atomic E-state index is -0.368. The van der Waals surface area contributed by atoms with Gasteiger partial charge >= 0.3 is 0 Å². The van der Waals surface area contributed by atoms with Crippen LogP contribution in [0.5, 0.6) is 0 Å². The molecule has 0 bridgehead atoms. The van der Waals surface area contributed by atoms with Gasteiger partial charge in [0.15, 0.2) is 0 Å². The summed E-state index contributed by atoms with van der Waals surface area (Å²) < 4.78 is 0. The molecule has 3 rings (SSSR count). The van der Waals surface area contributed by atoms with E-state index in [1.54, 1.807) is 11.0 Å². The first-order chi connectivity index (χ1) is 12.3. The monoisotopic (exact) mass is 370 g/mol. The molecule has 1 aliphatic heterocycles. The molecule has 1 N–H and O–H groups in total. The number of hydrogen-bond acceptors (Lipinski definition) is 2. The van der Waals surface area contributed by atoms with Gasteiger partial charge in [0.05, 0.1) is 5.92 Å². The van der Waals surface area contributed by atoms with Crippen molar-refractivity contribution in [3.05, 3.63) is 58.6 Å². The number of anilines is 2. The van der Waals surface area contributed by atoms with E-state index in [0.717, 1.165) is 11.3 Å². The molecule has 5 heteroatoms. The third-order valence-corrected chi connectivity index (χ3v) is 5.21. The number of rotatable bonds is 4. The van der Waals surface area contributed by atoms with E-state index in [0.29, 0.717) is 23.2 Å². The third kappa shape index (κ3) is 3.91. The molecule has 1 aliphatic rings. The van der Waals surface area contributed by atoms with Crippen LogP contribution in [-0.4, -0.2) is 18.4 Å². The Labute approximate surface area is 159 Å². The molecule has 2 aromatic rings. The van der Waals surface area contributed by atoms with Crippen molar-refractivity contribution >= 4 is 34.8 Å². The molecule has 0 radical (unpaired) electrons. The number of amides is 2. The van der Waals surface area contributed by atoms with Crippen LogP contribution in [0, 0.1) is 12.8 Å². The highest BCUT2D eigenvalue weighted by Crippen LogP contribution is 2.28. The summed E-state index contributed by atoms with van der Waals surface area (Å²) in [4.78, 5) is 26.6. The van der Waals surface area contributed by atoms with Crippen molar-refractivity contribution in [2.24, 2.45) is 5.92 Å². The summed E-state index contributed by atoms with van der Waals surface area (Å²) in [5.74, 6) is -0.102. The maximum atomic E-state index is 12.5. The van der Waals surface area contributed by atoms with Gasteiger partial charge in [-0.1, -0.05) is 43.6 Å². The molecule has 1 fully saturated rings. The van der Waals surface area contributed by atoms with Crippen molar-refractivity contribution in [2.75, 3.05) is 16.8 Å². The zero-order valence-corrected chi connectivity index (χ0v) is 16.0. The first kappa shape index (κ1) is 18.5. The molecular weight excluding hydrogens is 348 g/mol. The molecule has 0 aliphatic carbocycles. The van der Waals surface area contributed by atoms with Crippen LogP contribution in [0.4, 0.5) is 11.4 Å². The van der Waals surface area contributed by atoms with Crippen LogP contribution in [0.1, 0.15) is 37.3 Å². The SMILES string of the molecule is Cc1ccc(NC(=O)[C@@H]2CC(=O)N(c3ccc(C(C)C)cc3)C2)cc1Cl. The fourth-order valence-corrected chi connectivity index (χ4v) is 3.27. The largest absolute Gasteiger partial charge is 0.326 e. The van der Waals surface area contributed by atoms with E-state index in [2.05, 4.69) is 19.2 Å². The van der Waals surface area contributed by atoms with Crippen LogP contribution in [0.3, 0.4) is 0 Å². The van der Waals surface area contributed by atoms with E-state index in [-0.39, 0.29) is 24.2 Å². The van der Waals surface area contributed by atoms with Gasteiger partial charge in [-0.2, -0.15) is 0 Å². The zero-order chi connectivity index (χ0) is 18.8. The Hall–Kier alpha value is -2.33. The topological polar surface area (TPSA) is 49.4 Å². The summed E-state index contributed by atoms with van der Waals surface area (Å²) in [6.45, 7) is 6.57. The van der Waals surface area contributed by atoms with Crippen molar-refractivity contribution in [3.8, 4) is 0 Å². The number of carbonyl (C=O) groups excluding carboxylic acids is 2. The number of aryl methyl sites for hydroxylation is 1. The van der Waals surface area contributed by atoms with Gasteiger partial charge in [-0.25, -0.2) is 0 Å². The number of nitrogens with one attached hydrogen (secondary N) is 1. The molecule has 0 spiro atoms. The number of benzene rings is 2. The standard InChI is InChI=1S/C21H23ClN2O2/c1-13(2)15-5-8-18(9-6-15)24-12-16(10-20(24)25)21(26)23-17-7-4-14(3)19(22)11-17/h4-9,11,13,16H,10,12H2,1-3H3,(H,23,26)/t16-/m1/s1. The molecule has 4 nitrogen and oxygen atoms in total. The second-order valence-electron chi connectivity index (χ2n) is 7.10. The lowest BCUT2D eigenvalue weighted by Crippen LogP contribution is -2.28. The van der Waals surface area contributed by atoms with Crippen LogP contribution >= 0.6 is 11.6 Å².